The van der Waals surface area contributed by atoms with Crippen molar-refractivity contribution in [1.82, 2.24) is 10.1 Å². The maximum atomic E-state index is 5.70. The lowest BCUT2D eigenvalue weighted by atomic mass is 9.74. The lowest BCUT2D eigenvalue weighted by Crippen LogP contribution is -2.35. The lowest BCUT2D eigenvalue weighted by molar-refractivity contribution is 0.0523. The second-order valence-electron chi connectivity index (χ2n) is 7.10. The minimum atomic E-state index is -0.277. The molecule has 1 aromatic heterocycles. The van der Waals surface area contributed by atoms with Crippen LogP contribution in [0.5, 0.6) is 5.75 Å². The minimum absolute atomic E-state index is 0.131. The van der Waals surface area contributed by atoms with Crippen molar-refractivity contribution in [2.75, 3.05) is 20.3 Å². The molecule has 0 unspecified atom stereocenters. The zero-order chi connectivity index (χ0) is 16.5. The minimum Gasteiger partial charge on any atom is -0.497 e. The Morgan fingerprint density at radius 2 is 1.74 bits per heavy atom. The number of hydrogen-bond donors (Lipinski definition) is 0. The second-order valence-corrected chi connectivity index (χ2v) is 7.10. The predicted molar refractivity (Wildman–Crippen MR) is 86.8 cm³/mol. The molecule has 0 saturated carbocycles. The van der Waals surface area contributed by atoms with Crippen molar-refractivity contribution in [2.45, 2.75) is 44.4 Å². The van der Waals surface area contributed by atoms with Crippen LogP contribution in [0.4, 0.5) is 0 Å². The van der Waals surface area contributed by atoms with E-state index in [9.17, 15) is 0 Å². The Morgan fingerprint density at radius 1 is 1.09 bits per heavy atom. The predicted octanol–water partition coefficient (Wildman–Crippen LogP) is 3.47. The van der Waals surface area contributed by atoms with Crippen molar-refractivity contribution in [1.29, 1.82) is 0 Å². The summed E-state index contributed by atoms with van der Waals surface area (Å²) in [6.45, 7) is 7.65. The molecule has 0 amide bonds. The molecule has 1 aromatic carbocycles. The summed E-state index contributed by atoms with van der Waals surface area (Å²) < 4.78 is 16.5. The van der Waals surface area contributed by atoms with Crippen molar-refractivity contribution in [2.24, 2.45) is 0 Å². The van der Waals surface area contributed by atoms with Crippen LogP contribution in [0.2, 0.25) is 0 Å². The van der Waals surface area contributed by atoms with Crippen LogP contribution >= 0.6 is 0 Å². The summed E-state index contributed by atoms with van der Waals surface area (Å²) in [5.41, 5.74) is 0.764. The Balaban J connectivity index is 2.04. The fourth-order valence-corrected chi connectivity index (χ4v) is 2.98. The zero-order valence-electron chi connectivity index (χ0n) is 14.3. The zero-order valence-corrected chi connectivity index (χ0v) is 14.3. The molecule has 5 nitrogen and oxygen atoms in total. The fraction of sp³-hybridized carbons (Fsp3) is 0.556. The van der Waals surface area contributed by atoms with Gasteiger partial charge in [-0.1, -0.05) is 38.1 Å². The molecule has 3 rings (SSSR count). The van der Waals surface area contributed by atoms with Crippen LogP contribution in [0, 0.1) is 0 Å². The van der Waals surface area contributed by atoms with E-state index in [2.05, 4.69) is 38.1 Å². The Hall–Kier alpha value is -1.88. The third-order valence-electron chi connectivity index (χ3n) is 4.50. The van der Waals surface area contributed by atoms with E-state index in [1.807, 2.05) is 12.1 Å². The first-order chi connectivity index (χ1) is 11.0. The highest BCUT2D eigenvalue weighted by atomic mass is 16.5. The first-order valence-corrected chi connectivity index (χ1v) is 8.03. The van der Waals surface area contributed by atoms with Crippen LogP contribution in [-0.2, 0) is 15.6 Å². The normalized spacial score (nSPS) is 17.9. The molecule has 1 aliphatic heterocycles. The Kier molecular flexibility index (Phi) is 4.15. The molecule has 2 heterocycles. The average Bonchev–Trinajstić information content (AvgIpc) is 3.06. The van der Waals surface area contributed by atoms with Gasteiger partial charge >= 0.3 is 0 Å². The number of aromatic nitrogens is 2. The van der Waals surface area contributed by atoms with Gasteiger partial charge in [0.05, 0.1) is 12.5 Å². The molecule has 23 heavy (non-hydrogen) atoms. The molecular formula is C18H24N2O3. The van der Waals surface area contributed by atoms with Gasteiger partial charge in [-0.15, -0.1) is 0 Å². The van der Waals surface area contributed by atoms with E-state index in [-0.39, 0.29) is 10.8 Å². The van der Waals surface area contributed by atoms with Crippen LogP contribution in [-0.4, -0.2) is 30.5 Å². The smallest absolute Gasteiger partial charge is 0.237 e. The highest BCUT2D eigenvalue weighted by Gasteiger charge is 2.42. The number of rotatable bonds is 3. The molecular weight excluding hydrogens is 292 g/mol. The summed E-state index contributed by atoms with van der Waals surface area (Å²) >= 11 is 0. The molecule has 124 valence electrons. The monoisotopic (exact) mass is 316 g/mol. The van der Waals surface area contributed by atoms with Gasteiger partial charge in [0, 0.05) is 18.6 Å². The molecule has 0 spiro atoms. The lowest BCUT2D eigenvalue weighted by Gasteiger charge is -2.34. The summed E-state index contributed by atoms with van der Waals surface area (Å²) in [5, 5.41) is 4.22. The van der Waals surface area contributed by atoms with Crippen molar-refractivity contribution in [3.05, 3.63) is 41.5 Å². The van der Waals surface area contributed by atoms with Crippen molar-refractivity contribution in [3.8, 4) is 5.75 Å². The summed E-state index contributed by atoms with van der Waals surface area (Å²) in [6.07, 6.45) is 1.68. The molecule has 2 aromatic rings. The maximum Gasteiger partial charge on any atom is 0.237 e. The molecule has 0 N–H and O–H groups in total. The van der Waals surface area contributed by atoms with E-state index >= 15 is 0 Å². The van der Waals surface area contributed by atoms with E-state index in [4.69, 9.17) is 19.0 Å². The topological polar surface area (TPSA) is 57.4 Å². The Bertz CT molecular complexity index is 650. The Morgan fingerprint density at radius 3 is 2.26 bits per heavy atom. The van der Waals surface area contributed by atoms with Gasteiger partial charge in [0.1, 0.15) is 5.75 Å². The van der Waals surface area contributed by atoms with Crippen LogP contribution in [0.3, 0.4) is 0 Å². The van der Waals surface area contributed by atoms with E-state index in [0.717, 1.165) is 24.4 Å². The summed E-state index contributed by atoms with van der Waals surface area (Å²) in [6, 6.07) is 8.14. The van der Waals surface area contributed by atoms with Gasteiger partial charge in [0.2, 0.25) is 5.89 Å². The van der Waals surface area contributed by atoms with Crippen LogP contribution in [0.1, 0.15) is 50.9 Å². The van der Waals surface area contributed by atoms with Gasteiger partial charge in [-0.3, -0.25) is 0 Å². The van der Waals surface area contributed by atoms with Crippen LogP contribution < -0.4 is 4.74 Å². The van der Waals surface area contributed by atoms with E-state index < -0.39 is 0 Å². The first kappa shape index (κ1) is 16.0. The number of hydrogen-bond acceptors (Lipinski definition) is 5. The highest BCUT2D eigenvalue weighted by molar-refractivity contribution is 5.37. The van der Waals surface area contributed by atoms with Gasteiger partial charge < -0.3 is 14.0 Å². The fourth-order valence-electron chi connectivity index (χ4n) is 2.98. The van der Waals surface area contributed by atoms with Gasteiger partial charge in [-0.05, 0) is 30.5 Å². The second kappa shape index (κ2) is 5.96. The SMILES string of the molecule is COc1ccc(C2(c3nc(C(C)(C)C)no3)CCOCC2)cc1. The van der Waals surface area contributed by atoms with Crippen LogP contribution in [0.15, 0.2) is 28.8 Å². The molecule has 5 heteroatoms. The van der Waals surface area contributed by atoms with Gasteiger partial charge in [-0.25, -0.2) is 0 Å². The third-order valence-corrected chi connectivity index (χ3v) is 4.50. The van der Waals surface area contributed by atoms with Crippen molar-refractivity contribution < 1.29 is 14.0 Å². The molecule has 1 aliphatic rings. The molecule has 0 atom stereocenters. The van der Waals surface area contributed by atoms with Gasteiger partial charge in [-0.2, -0.15) is 4.98 Å². The Labute approximate surface area is 137 Å². The third kappa shape index (κ3) is 2.98. The molecule has 0 radical (unpaired) electrons. The van der Waals surface area contributed by atoms with Crippen molar-refractivity contribution >= 4 is 0 Å². The largest absolute Gasteiger partial charge is 0.497 e. The van der Waals surface area contributed by atoms with E-state index in [1.165, 1.54) is 5.56 Å². The van der Waals surface area contributed by atoms with Gasteiger partial charge in [0.15, 0.2) is 5.82 Å². The summed E-state index contributed by atoms with van der Waals surface area (Å²) in [7, 11) is 1.67. The van der Waals surface area contributed by atoms with Gasteiger partial charge in [0.25, 0.3) is 0 Å². The van der Waals surface area contributed by atoms with E-state index in [0.29, 0.717) is 19.1 Å². The summed E-state index contributed by atoms with van der Waals surface area (Å²) in [4.78, 5) is 4.73. The average molecular weight is 316 g/mol. The molecule has 0 bridgehead atoms. The first-order valence-electron chi connectivity index (χ1n) is 8.03. The molecule has 1 fully saturated rings. The number of ether oxygens (including phenoxy) is 2. The highest BCUT2D eigenvalue weighted by Crippen LogP contribution is 2.41. The molecule has 1 saturated heterocycles. The van der Waals surface area contributed by atoms with E-state index in [1.54, 1.807) is 7.11 Å². The number of nitrogens with zero attached hydrogens (tertiary/aromatic N) is 2. The standard InChI is InChI=1S/C18H24N2O3/c1-17(2,3)15-19-16(23-20-15)18(9-11-22-12-10-18)13-5-7-14(21-4)8-6-13/h5-8H,9-12H2,1-4H3. The number of benzene rings is 1. The van der Waals surface area contributed by atoms with Crippen molar-refractivity contribution in [3.63, 3.8) is 0 Å². The van der Waals surface area contributed by atoms with Crippen LogP contribution in [0.25, 0.3) is 0 Å². The quantitative estimate of drug-likeness (QED) is 0.868. The maximum absolute atomic E-state index is 5.70. The molecule has 0 aliphatic carbocycles. The number of methoxy groups -OCH3 is 1. The summed E-state index contributed by atoms with van der Waals surface area (Å²) in [5.74, 6) is 2.28.